The van der Waals surface area contributed by atoms with Gasteiger partial charge >= 0.3 is 0 Å². The first-order valence-electron chi connectivity index (χ1n) is 4.85. The lowest BCUT2D eigenvalue weighted by Crippen LogP contribution is -2.11. The molecule has 5 heteroatoms. The summed E-state index contributed by atoms with van der Waals surface area (Å²) in [4.78, 5) is 0. The van der Waals surface area contributed by atoms with Gasteiger partial charge in [0.15, 0.2) is 5.76 Å². The zero-order valence-electron chi connectivity index (χ0n) is 9.25. The molecule has 0 aliphatic rings. The molecule has 0 amide bonds. The van der Waals surface area contributed by atoms with Crippen molar-refractivity contribution in [2.45, 2.75) is 6.92 Å². The second-order valence-electron chi connectivity index (χ2n) is 3.52. The largest absolute Gasteiger partial charge is 0.453 e. The smallest absolute Gasteiger partial charge is 0.205 e. The normalized spacial score (nSPS) is 11.0. The van der Waals surface area contributed by atoms with Crippen molar-refractivity contribution in [3.05, 3.63) is 47.7 Å². The number of furan rings is 1. The molecule has 1 heterocycles. The van der Waals surface area contributed by atoms with E-state index in [-0.39, 0.29) is 18.2 Å². The standard InChI is InChI=1S/C12H12N2O2.ClH/c1-8-3-2-4-9(7-8)10-5-6-11(16-10)12(13)14-15;/h2-7,15H,1H3,(H2,13,14);1H. The molecule has 1 aromatic heterocycles. The molecule has 90 valence electrons. The summed E-state index contributed by atoms with van der Waals surface area (Å²) < 4.78 is 5.46. The van der Waals surface area contributed by atoms with Crippen molar-refractivity contribution >= 4 is 18.2 Å². The minimum atomic E-state index is -0.0288. The number of aryl methyl sites for hydroxylation is 1. The van der Waals surface area contributed by atoms with Crippen LogP contribution in [-0.2, 0) is 0 Å². The maximum atomic E-state index is 8.52. The van der Waals surface area contributed by atoms with E-state index in [9.17, 15) is 0 Å². The molecule has 4 nitrogen and oxygen atoms in total. The zero-order valence-corrected chi connectivity index (χ0v) is 10.1. The molecule has 0 aliphatic heterocycles. The van der Waals surface area contributed by atoms with E-state index in [1.54, 1.807) is 12.1 Å². The molecule has 0 fully saturated rings. The molecule has 2 rings (SSSR count). The van der Waals surface area contributed by atoms with Crippen LogP contribution in [0.4, 0.5) is 0 Å². The Balaban J connectivity index is 0.00000144. The van der Waals surface area contributed by atoms with Crippen LogP contribution < -0.4 is 5.73 Å². The lowest BCUT2D eigenvalue weighted by molar-refractivity contribution is 0.317. The quantitative estimate of drug-likeness (QED) is 0.374. The molecule has 0 bridgehead atoms. The van der Waals surface area contributed by atoms with Gasteiger partial charge in [-0.05, 0) is 25.1 Å². The van der Waals surface area contributed by atoms with Crippen LogP contribution in [0.25, 0.3) is 11.3 Å². The molecule has 0 spiro atoms. The number of oxime groups is 1. The zero-order chi connectivity index (χ0) is 11.5. The molecule has 0 unspecified atom stereocenters. The van der Waals surface area contributed by atoms with E-state index in [1.807, 2.05) is 31.2 Å². The summed E-state index contributed by atoms with van der Waals surface area (Å²) in [6.45, 7) is 2.01. The van der Waals surface area contributed by atoms with Crippen LogP contribution in [0.5, 0.6) is 0 Å². The van der Waals surface area contributed by atoms with E-state index in [2.05, 4.69) is 5.16 Å². The first-order valence-corrected chi connectivity index (χ1v) is 4.85. The predicted molar refractivity (Wildman–Crippen MR) is 68.6 cm³/mol. The van der Waals surface area contributed by atoms with Gasteiger partial charge in [0.25, 0.3) is 0 Å². The maximum absolute atomic E-state index is 8.52. The summed E-state index contributed by atoms with van der Waals surface area (Å²) in [6, 6.07) is 11.4. The molecule has 17 heavy (non-hydrogen) atoms. The average molecular weight is 253 g/mol. The van der Waals surface area contributed by atoms with E-state index in [1.165, 1.54) is 0 Å². The van der Waals surface area contributed by atoms with Crippen molar-refractivity contribution < 1.29 is 9.62 Å². The fraction of sp³-hybridized carbons (Fsp3) is 0.0833. The first-order chi connectivity index (χ1) is 7.70. The predicted octanol–water partition coefficient (Wildman–Crippen LogP) is 2.77. The highest BCUT2D eigenvalue weighted by Gasteiger charge is 2.07. The SMILES string of the molecule is Cc1cccc(-c2ccc(C(N)=NO)o2)c1.Cl. The van der Waals surface area contributed by atoms with Gasteiger partial charge in [0.2, 0.25) is 5.84 Å². The van der Waals surface area contributed by atoms with Gasteiger partial charge in [-0.25, -0.2) is 0 Å². The highest BCUT2D eigenvalue weighted by Crippen LogP contribution is 2.22. The van der Waals surface area contributed by atoms with E-state index >= 15 is 0 Å². The fourth-order valence-corrected chi connectivity index (χ4v) is 1.48. The van der Waals surface area contributed by atoms with Crippen LogP contribution in [-0.4, -0.2) is 11.0 Å². The van der Waals surface area contributed by atoms with Gasteiger partial charge in [0.05, 0.1) is 0 Å². The molecule has 0 aliphatic carbocycles. The minimum absolute atomic E-state index is 0. The van der Waals surface area contributed by atoms with E-state index in [0.717, 1.165) is 11.1 Å². The maximum Gasteiger partial charge on any atom is 0.205 e. The number of benzene rings is 1. The highest BCUT2D eigenvalue weighted by atomic mass is 35.5. The number of amidine groups is 1. The van der Waals surface area contributed by atoms with Crippen molar-refractivity contribution in [1.29, 1.82) is 0 Å². The summed E-state index contributed by atoms with van der Waals surface area (Å²) >= 11 is 0. The molecule has 0 radical (unpaired) electrons. The third-order valence-electron chi connectivity index (χ3n) is 2.27. The number of halogens is 1. The van der Waals surface area contributed by atoms with Gasteiger partial charge in [-0.1, -0.05) is 28.9 Å². The van der Waals surface area contributed by atoms with Crippen LogP contribution in [0.3, 0.4) is 0 Å². The van der Waals surface area contributed by atoms with Gasteiger partial charge in [0.1, 0.15) is 5.76 Å². The second kappa shape index (κ2) is 5.41. The van der Waals surface area contributed by atoms with Crippen LogP contribution in [0.2, 0.25) is 0 Å². The summed E-state index contributed by atoms with van der Waals surface area (Å²) in [5, 5.41) is 11.4. The molecule has 0 saturated carbocycles. The third-order valence-corrected chi connectivity index (χ3v) is 2.27. The van der Waals surface area contributed by atoms with E-state index in [4.69, 9.17) is 15.4 Å². The van der Waals surface area contributed by atoms with Gasteiger partial charge in [-0.2, -0.15) is 0 Å². The number of hydrogen-bond acceptors (Lipinski definition) is 3. The Morgan fingerprint density at radius 1 is 1.29 bits per heavy atom. The van der Waals surface area contributed by atoms with E-state index < -0.39 is 0 Å². The number of hydrogen-bond donors (Lipinski definition) is 2. The van der Waals surface area contributed by atoms with Crippen molar-refractivity contribution in [3.8, 4) is 11.3 Å². The second-order valence-corrected chi connectivity index (χ2v) is 3.52. The lowest BCUT2D eigenvalue weighted by atomic mass is 10.1. The molecule has 3 N–H and O–H groups in total. The highest BCUT2D eigenvalue weighted by molar-refractivity contribution is 5.94. The van der Waals surface area contributed by atoms with Crippen LogP contribution in [0.15, 0.2) is 46.0 Å². The fourth-order valence-electron chi connectivity index (χ4n) is 1.48. The van der Waals surface area contributed by atoms with Crippen molar-refractivity contribution in [2.75, 3.05) is 0 Å². The van der Waals surface area contributed by atoms with Crippen LogP contribution in [0, 0.1) is 6.92 Å². The molecule has 0 atom stereocenters. The van der Waals surface area contributed by atoms with Crippen LogP contribution in [0.1, 0.15) is 11.3 Å². The Morgan fingerprint density at radius 3 is 2.71 bits per heavy atom. The number of nitrogens with zero attached hydrogens (tertiary/aromatic N) is 1. The third kappa shape index (κ3) is 2.79. The van der Waals surface area contributed by atoms with Crippen molar-refractivity contribution in [1.82, 2.24) is 0 Å². The molecular formula is C12H13ClN2O2. The van der Waals surface area contributed by atoms with Crippen molar-refractivity contribution in [3.63, 3.8) is 0 Å². The Kier molecular flexibility index (Phi) is 4.17. The summed E-state index contributed by atoms with van der Waals surface area (Å²) in [5.74, 6) is 1.03. The molecule has 2 aromatic rings. The molecular weight excluding hydrogens is 240 g/mol. The topological polar surface area (TPSA) is 71.8 Å². The average Bonchev–Trinajstić information content (AvgIpc) is 2.77. The van der Waals surface area contributed by atoms with E-state index in [0.29, 0.717) is 11.5 Å². The monoisotopic (exact) mass is 252 g/mol. The number of nitrogens with two attached hydrogens (primary N) is 1. The Labute approximate surface area is 105 Å². The van der Waals surface area contributed by atoms with Crippen molar-refractivity contribution in [2.24, 2.45) is 10.9 Å². The van der Waals surface area contributed by atoms with Gasteiger partial charge < -0.3 is 15.4 Å². The summed E-state index contributed by atoms with van der Waals surface area (Å²) in [6.07, 6.45) is 0. The Bertz CT molecular complexity index is 535. The van der Waals surface area contributed by atoms with Gasteiger partial charge in [-0.3, -0.25) is 0 Å². The van der Waals surface area contributed by atoms with Gasteiger partial charge in [0, 0.05) is 5.56 Å². The lowest BCUT2D eigenvalue weighted by Gasteiger charge is -1.98. The minimum Gasteiger partial charge on any atom is -0.453 e. The number of rotatable bonds is 2. The van der Waals surface area contributed by atoms with Crippen LogP contribution >= 0.6 is 12.4 Å². The van der Waals surface area contributed by atoms with Gasteiger partial charge in [-0.15, -0.1) is 12.4 Å². The summed E-state index contributed by atoms with van der Waals surface area (Å²) in [7, 11) is 0. The first kappa shape index (κ1) is 13.1. The Hall–Kier alpha value is -1.94. The molecule has 0 saturated heterocycles. The molecule has 1 aromatic carbocycles. The Morgan fingerprint density at radius 2 is 2.06 bits per heavy atom. The summed E-state index contributed by atoms with van der Waals surface area (Å²) in [5.41, 5.74) is 7.54.